The Morgan fingerprint density at radius 1 is 0.974 bits per heavy atom. The van der Waals surface area contributed by atoms with Crippen molar-refractivity contribution in [1.82, 2.24) is 4.90 Å². The van der Waals surface area contributed by atoms with Crippen LogP contribution in [-0.4, -0.2) is 55.4 Å². The largest absolute Gasteiger partial charge is 0.491 e. The van der Waals surface area contributed by atoms with Crippen molar-refractivity contribution < 1.29 is 23.4 Å². The molecule has 1 N–H and O–H groups in total. The highest BCUT2D eigenvalue weighted by atomic mass is 19.1. The van der Waals surface area contributed by atoms with Crippen LogP contribution in [0.15, 0.2) is 76.1 Å². The van der Waals surface area contributed by atoms with Crippen LogP contribution in [-0.2, 0) is 0 Å². The normalized spacial score (nSPS) is 15.0. The zero-order valence-corrected chi connectivity index (χ0v) is 21.5. The highest BCUT2D eigenvalue weighted by Gasteiger charge is 2.21. The molecular formula is C30H31FN2O5. The van der Waals surface area contributed by atoms with Gasteiger partial charge in [0.2, 0.25) is 11.2 Å². The molecule has 7 nitrogen and oxygen atoms in total. The van der Waals surface area contributed by atoms with Gasteiger partial charge in [-0.1, -0.05) is 18.2 Å². The number of ether oxygens (including phenoxy) is 2. The lowest BCUT2D eigenvalue weighted by Gasteiger charge is -2.36. The van der Waals surface area contributed by atoms with Gasteiger partial charge in [-0.3, -0.25) is 9.69 Å². The van der Waals surface area contributed by atoms with Gasteiger partial charge in [0.25, 0.3) is 0 Å². The van der Waals surface area contributed by atoms with Crippen LogP contribution >= 0.6 is 0 Å². The maximum absolute atomic E-state index is 14.1. The number of piperazine rings is 1. The number of halogens is 1. The standard InChI is InChI=1S/C30H31FN2O5/c1-20-13-21(2)15-24(14-20)38-29-19-37-28-16-23(7-8-25(28)30(29)35)36-18-22(34)17-32-9-11-33(12-10-32)27-6-4-3-5-26(27)31/h3-8,13-16,19,22,34H,9-12,17-18H2,1-2H3/t22-/m1/s1. The molecule has 0 unspecified atom stereocenters. The SMILES string of the molecule is Cc1cc(C)cc(Oc2coc3cc(OC[C@H](O)CN4CCN(c5ccccc5F)CC4)ccc3c2=O)c1. The molecule has 3 aromatic carbocycles. The van der Waals surface area contributed by atoms with E-state index in [0.29, 0.717) is 47.8 Å². The third-order valence-corrected chi connectivity index (χ3v) is 6.61. The second kappa shape index (κ2) is 11.2. The van der Waals surface area contributed by atoms with Crippen LogP contribution in [0, 0.1) is 19.7 Å². The minimum atomic E-state index is -0.703. The zero-order valence-electron chi connectivity index (χ0n) is 21.5. The second-order valence-corrected chi connectivity index (χ2v) is 9.72. The number of nitrogens with zero attached hydrogens (tertiary/aromatic N) is 2. The van der Waals surface area contributed by atoms with E-state index in [0.717, 1.165) is 24.2 Å². The summed E-state index contributed by atoms with van der Waals surface area (Å²) in [6.45, 7) is 7.30. The number of aliphatic hydroxyl groups is 1. The second-order valence-electron chi connectivity index (χ2n) is 9.72. The lowest BCUT2D eigenvalue weighted by molar-refractivity contribution is 0.0663. The number of para-hydroxylation sites is 1. The number of fused-ring (bicyclic) bond motifs is 1. The van der Waals surface area contributed by atoms with E-state index in [9.17, 15) is 14.3 Å². The number of hydrogen-bond acceptors (Lipinski definition) is 7. The molecule has 1 aliphatic rings. The fourth-order valence-electron chi connectivity index (χ4n) is 4.79. The van der Waals surface area contributed by atoms with Gasteiger partial charge in [0.05, 0.1) is 11.1 Å². The van der Waals surface area contributed by atoms with E-state index in [1.165, 1.54) is 12.3 Å². The van der Waals surface area contributed by atoms with Crippen LogP contribution in [0.5, 0.6) is 17.2 Å². The summed E-state index contributed by atoms with van der Waals surface area (Å²) in [5, 5.41) is 10.9. The van der Waals surface area contributed by atoms with Gasteiger partial charge < -0.3 is 23.9 Å². The Hall–Kier alpha value is -3.88. The molecule has 1 fully saturated rings. The molecule has 1 aromatic heterocycles. The first-order valence-corrected chi connectivity index (χ1v) is 12.7. The minimum Gasteiger partial charge on any atom is -0.491 e. The summed E-state index contributed by atoms with van der Waals surface area (Å²) in [5.41, 5.74) is 2.80. The van der Waals surface area contributed by atoms with Gasteiger partial charge in [-0.05, 0) is 61.4 Å². The van der Waals surface area contributed by atoms with Gasteiger partial charge in [-0.2, -0.15) is 0 Å². The lowest BCUT2D eigenvalue weighted by atomic mass is 10.1. The molecule has 0 bridgehead atoms. The Kier molecular flexibility index (Phi) is 7.62. The van der Waals surface area contributed by atoms with E-state index in [1.54, 1.807) is 30.3 Å². The highest BCUT2D eigenvalue weighted by molar-refractivity contribution is 5.79. The van der Waals surface area contributed by atoms with Gasteiger partial charge in [-0.15, -0.1) is 0 Å². The third-order valence-electron chi connectivity index (χ3n) is 6.61. The summed E-state index contributed by atoms with van der Waals surface area (Å²) < 4.78 is 31.3. The monoisotopic (exact) mass is 518 g/mol. The molecule has 1 aliphatic heterocycles. The van der Waals surface area contributed by atoms with Gasteiger partial charge in [0, 0.05) is 38.8 Å². The molecule has 1 saturated heterocycles. The van der Waals surface area contributed by atoms with Crippen molar-refractivity contribution in [2.75, 3.05) is 44.2 Å². The number of anilines is 1. The third kappa shape index (κ3) is 5.98. The van der Waals surface area contributed by atoms with E-state index in [2.05, 4.69) is 4.90 Å². The summed E-state index contributed by atoms with van der Waals surface area (Å²) in [6.07, 6.45) is 0.605. The van der Waals surface area contributed by atoms with Crippen molar-refractivity contribution in [3.63, 3.8) is 0 Å². The summed E-state index contributed by atoms with van der Waals surface area (Å²) in [7, 11) is 0. The average molecular weight is 519 g/mol. The smallest absolute Gasteiger partial charge is 0.235 e. The van der Waals surface area contributed by atoms with Crippen molar-refractivity contribution in [2.45, 2.75) is 20.0 Å². The maximum atomic E-state index is 14.1. The fourth-order valence-corrected chi connectivity index (χ4v) is 4.79. The molecule has 4 aromatic rings. The maximum Gasteiger partial charge on any atom is 0.235 e. The number of aliphatic hydroxyl groups excluding tert-OH is 1. The fraction of sp³-hybridized carbons (Fsp3) is 0.300. The minimum absolute atomic E-state index is 0.0944. The molecule has 198 valence electrons. The van der Waals surface area contributed by atoms with Crippen LogP contribution in [0.1, 0.15) is 11.1 Å². The number of aryl methyl sites for hydroxylation is 2. The predicted molar refractivity (Wildman–Crippen MR) is 145 cm³/mol. The Balaban J connectivity index is 1.15. The molecule has 0 aliphatic carbocycles. The van der Waals surface area contributed by atoms with E-state index >= 15 is 0 Å². The average Bonchev–Trinajstić information content (AvgIpc) is 2.89. The van der Waals surface area contributed by atoms with Gasteiger partial charge in [0.1, 0.15) is 41.9 Å². The summed E-state index contributed by atoms with van der Waals surface area (Å²) in [4.78, 5) is 17.1. The molecule has 0 amide bonds. The quantitative estimate of drug-likeness (QED) is 0.356. The lowest BCUT2D eigenvalue weighted by Crippen LogP contribution is -2.49. The molecule has 0 saturated carbocycles. The molecular weight excluding hydrogens is 487 g/mol. The van der Waals surface area contributed by atoms with Crippen LogP contribution in [0.4, 0.5) is 10.1 Å². The van der Waals surface area contributed by atoms with Crippen molar-refractivity contribution in [2.24, 2.45) is 0 Å². The molecule has 38 heavy (non-hydrogen) atoms. The Morgan fingerprint density at radius 2 is 1.71 bits per heavy atom. The number of benzene rings is 3. The molecule has 8 heteroatoms. The Bertz CT molecular complexity index is 1460. The Labute approximate surface area is 220 Å². The highest BCUT2D eigenvalue weighted by Crippen LogP contribution is 2.26. The van der Waals surface area contributed by atoms with Gasteiger partial charge in [0.15, 0.2) is 0 Å². The van der Waals surface area contributed by atoms with Gasteiger partial charge >= 0.3 is 0 Å². The van der Waals surface area contributed by atoms with Crippen LogP contribution < -0.4 is 19.8 Å². The van der Waals surface area contributed by atoms with Crippen molar-refractivity contribution >= 4 is 16.7 Å². The number of rotatable bonds is 8. The molecule has 1 atom stereocenters. The molecule has 0 radical (unpaired) electrons. The topological polar surface area (TPSA) is 75.4 Å². The van der Waals surface area contributed by atoms with Crippen molar-refractivity contribution in [3.8, 4) is 17.2 Å². The summed E-state index contributed by atoms with van der Waals surface area (Å²) in [5.74, 6) is 0.969. The van der Waals surface area contributed by atoms with E-state index in [4.69, 9.17) is 13.9 Å². The first-order chi connectivity index (χ1) is 18.4. The van der Waals surface area contributed by atoms with Gasteiger partial charge in [-0.25, -0.2) is 4.39 Å². The van der Waals surface area contributed by atoms with Crippen LogP contribution in [0.2, 0.25) is 0 Å². The van der Waals surface area contributed by atoms with E-state index in [1.807, 2.05) is 43.0 Å². The summed E-state index contributed by atoms with van der Waals surface area (Å²) >= 11 is 0. The van der Waals surface area contributed by atoms with E-state index in [-0.39, 0.29) is 23.6 Å². The van der Waals surface area contributed by atoms with Crippen LogP contribution in [0.25, 0.3) is 11.0 Å². The molecule has 0 spiro atoms. The predicted octanol–water partition coefficient (Wildman–Crippen LogP) is 4.90. The Morgan fingerprint density at radius 3 is 2.45 bits per heavy atom. The van der Waals surface area contributed by atoms with Crippen molar-refractivity contribution in [1.29, 1.82) is 0 Å². The first kappa shape index (κ1) is 25.8. The number of hydrogen-bond donors (Lipinski definition) is 1. The summed E-state index contributed by atoms with van der Waals surface area (Å²) in [6, 6.07) is 17.5. The zero-order chi connectivity index (χ0) is 26.6. The van der Waals surface area contributed by atoms with E-state index < -0.39 is 6.10 Å². The van der Waals surface area contributed by atoms with Crippen molar-refractivity contribution in [3.05, 3.63) is 94.1 Å². The molecule has 2 heterocycles. The molecule has 5 rings (SSSR count). The first-order valence-electron chi connectivity index (χ1n) is 12.7. The number of β-amino-alcohol motifs (C(OH)–C–C–N with tert-alkyl or cyclic N) is 1. The van der Waals surface area contributed by atoms with Crippen LogP contribution in [0.3, 0.4) is 0 Å².